The number of aliphatic hydroxyl groups is 1. The topological polar surface area (TPSA) is 123 Å². The highest BCUT2D eigenvalue weighted by Gasteiger charge is 2.36. The summed E-state index contributed by atoms with van der Waals surface area (Å²) in [5, 5.41) is 15.2. The van der Waals surface area contributed by atoms with Crippen LogP contribution in [0.2, 0.25) is 5.15 Å². The Morgan fingerprint density at radius 1 is 1.11 bits per heavy atom. The summed E-state index contributed by atoms with van der Waals surface area (Å²) >= 11 is 6.58. The van der Waals surface area contributed by atoms with E-state index < -0.39 is 11.6 Å². The van der Waals surface area contributed by atoms with E-state index in [4.69, 9.17) is 22.4 Å². The highest BCUT2D eigenvalue weighted by atomic mass is 35.5. The third-order valence-corrected chi connectivity index (χ3v) is 9.01. The number of aliphatic hydroxyl groups excluding tert-OH is 1. The van der Waals surface area contributed by atoms with Crippen molar-refractivity contribution in [2.75, 3.05) is 61.8 Å². The zero-order valence-electron chi connectivity index (χ0n) is 26.0. The van der Waals surface area contributed by atoms with Crippen molar-refractivity contribution in [2.24, 2.45) is 0 Å². The Hall–Kier alpha value is -4.00. The number of nitrogen functional groups attached to an aromatic ring is 1. The number of rotatable bonds is 11. The zero-order valence-corrected chi connectivity index (χ0v) is 26.7. The van der Waals surface area contributed by atoms with Crippen LogP contribution < -0.4 is 21.3 Å². The number of anilines is 3. The molecule has 1 aromatic heterocycles. The van der Waals surface area contributed by atoms with Gasteiger partial charge in [-0.25, -0.2) is 18.7 Å². The molecule has 0 aliphatic carbocycles. The first-order valence-corrected chi connectivity index (χ1v) is 16.0. The van der Waals surface area contributed by atoms with E-state index in [1.54, 1.807) is 4.90 Å². The van der Waals surface area contributed by atoms with Gasteiger partial charge in [0.15, 0.2) is 28.4 Å². The van der Waals surface area contributed by atoms with Gasteiger partial charge in [0.2, 0.25) is 0 Å². The number of nitrogens with one attached hydrogen (secondary N) is 2. The molecule has 0 spiro atoms. The van der Waals surface area contributed by atoms with Gasteiger partial charge >= 0.3 is 0 Å². The summed E-state index contributed by atoms with van der Waals surface area (Å²) in [5.74, 6) is -1.62. The first kappa shape index (κ1) is 33.4. The second kappa shape index (κ2) is 15.1. The predicted molar refractivity (Wildman–Crippen MR) is 178 cm³/mol. The number of aromatic nitrogens is 2. The van der Waals surface area contributed by atoms with Crippen LogP contribution in [0.5, 0.6) is 0 Å². The van der Waals surface area contributed by atoms with Crippen molar-refractivity contribution in [2.45, 2.75) is 44.8 Å². The van der Waals surface area contributed by atoms with Crippen LogP contribution in [-0.2, 0) is 6.54 Å². The minimum atomic E-state index is -1.05. The Morgan fingerprint density at radius 2 is 1.85 bits per heavy atom. The van der Waals surface area contributed by atoms with Gasteiger partial charge in [-0.2, -0.15) is 0 Å². The lowest BCUT2D eigenvalue weighted by molar-refractivity contribution is 0.0491. The van der Waals surface area contributed by atoms with Gasteiger partial charge in [-0.05, 0) is 37.0 Å². The quantitative estimate of drug-likeness (QED) is 0.239. The lowest BCUT2D eigenvalue weighted by atomic mass is 9.97. The van der Waals surface area contributed by atoms with Gasteiger partial charge in [0.1, 0.15) is 5.69 Å². The van der Waals surface area contributed by atoms with Crippen molar-refractivity contribution in [1.82, 2.24) is 25.1 Å². The first-order valence-electron chi connectivity index (χ1n) is 15.6. The van der Waals surface area contributed by atoms with Crippen LogP contribution in [-0.4, -0.2) is 88.7 Å². The maximum Gasteiger partial charge on any atom is 0.256 e. The number of nitrogens with zero attached hydrogens (tertiary/aromatic N) is 5. The van der Waals surface area contributed by atoms with E-state index in [0.29, 0.717) is 49.9 Å². The summed E-state index contributed by atoms with van der Waals surface area (Å²) < 4.78 is 29.1. The third-order valence-electron chi connectivity index (χ3n) is 8.76. The minimum Gasteiger partial charge on any atom is -0.395 e. The van der Waals surface area contributed by atoms with Crippen LogP contribution in [0, 0.1) is 11.6 Å². The van der Waals surface area contributed by atoms with Crippen LogP contribution in [0.25, 0.3) is 5.70 Å². The summed E-state index contributed by atoms with van der Waals surface area (Å²) in [6.45, 7) is 9.75. The average molecular weight is 655 g/mol. The molecule has 2 aromatic carbocycles. The molecule has 0 bridgehead atoms. The first-order chi connectivity index (χ1) is 22.2. The van der Waals surface area contributed by atoms with Crippen molar-refractivity contribution >= 4 is 40.5 Å². The van der Waals surface area contributed by atoms with Gasteiger partial charge in [-0.1, -0.05) is 55.4 Å². The highest BCUT2D eigenvalue weighted by molar-refractivity contribution is 6.31. The molecule has 2 aliphatic heterocycles. The van der Waals surface area contributed by atoms with Crippen molar-refractivity contribution in [3.63, 3.8) is 0 Å². The Labute approximate surface area is 273 Å². The van der Waals surface area contributed by atoms with Crippen molar-refractivity contribution < 1.29 is 18.7 Å². The molecule has 46 heavy (non-hydrogen) atoms. The van der Waals surface area contributed by atoms with E-state index >= 15 is 0 Å². The fourth-order valence-electron chi connectivity index (χ4n) is 6.30. The van der Waals surface area contributed by atoms with Crippen LogP contribution >= 0.6 is 11.6 Å². The Bertz CT molecular complexity index is 1540. The molecule has 13 heteroatoms. The van der Waals surface area contributed by atoms with Gasteiger partial charge in [-0.3, -0.25) is 9.69 Å². The maximum absolute atomic E-state index is 14.9. The monoisotopic (exact) mass is 654 g/mol. The van der Waals surface area contributed by atoms with Gasteiger partial charge < -0.3 is 31.3 Å². The molecule has 1 atom stereocenters. The van der Waals surface area contributed by atoms with E-state index in [0.717, 1.165) is 37.4 Å². The van der Waals surface area contributed by atoms with Gasteiger partial charge in [-0.15, -0.1) is 0 Å². The van der Waals surface area contributed by atoms with Gasteiger partial charge in [0.25, 0.3) is 5.91 Å². The molecule has 0 unspecified atom stereocenters. The summed E-state index contributed by atoms with van der Waals surface area (Å²) in [7, 11) is 0. The molecule has 10 nitrogen and oxygen atoms in total. The average Bonchev–Trinajstić information content (AvgIpc) is 3.08. The fourth-order valence-corrected chi connectivity index (χ4v) is 6.54. The Balaban J connectivity index is 1.21. The van der Waals surface area contributed by atoms with E-state index in [1.165, 1.54) is 6.07 Å². The standard InChI is InChI=1S/C33H41ClF2N8O2/c1-3-23-20-43(32-30(34)40-28(31(37)41-32)21(2)38-13-18-45)16-17-44(23)24-11-14-42(15-12-24)33(46)25-9-10-26(35)27(36)29(25)39-19-22-7-5-4-6-8-22/h4-10,23-24,38-39,45H,2-3,11-20H2,1H3,(H2,37,41)/t23-/m0/s1. The molecule has 3 aromatic rings. The number of carbonyl (C=O) groups is 1. The molecule has 0 radical (unpaired) electrons. The van der Waals surface area contributed by atoms with E-state index in [1.807, 2.05) is 30.3 Å². The Morgan fingerprint density at radius 3 is 2.54 bits per heavy atom. The number of hydrogen-bond donors (Lipinski definition) is 4. The number of amides is 1. The van der Waals surface area contributed by atoms with Gasteiger partial charge in [0, 0.05) is 57.9 Å². The van der Waals surface area contributed by atoms with E-state index in [-0.39, 0.29) is 53.4 Å². The van der Waals surface area contributed by atoms with Crippen LogP contribution in [0.3, 0.4) is 0 Å². The number of piperazine rings is 1. The molecular weight excluding hydrogens is 614 g/mol. The van der Waals surface area contributed by atoms with Crippen molar-refractivity contribution in [3.05, 3.63) is 82.7 Å². The number of benzene rings is 2. The molecule has 2 aliphatic rings. The molecule has 5 rings (SSSR count). The smallest absolute Gasteiger partial charge is 0.256 e. The number of hydrogen-bond acceptors (Lipinski definition) is 9. The van der Waals surface area contributed by atoms with E-state index in [2.05, 4.69) is 43.9 Å². The van der Waals surface area contributed by atoms with Crippen molar-refractivity contribution in [1.29, 1.82) is 0 Å². The molecule has 3 heterocycles. The summed E-state index contributed by atoms with van der Waals surface area (Å²) in [6, 6.07) is 12.2. The highest BCUT2D eigenvalue weighted by Crippen LogP contribution is 2.32. The molecule has 2 fully saturated rings. The number of halogens is 3. The minimum absolute atomic E-state index is 0.0575. The lowest BCUT2D eigenvalue weighted by Gasteiger charge is -2.47. The molecule has 1 amide bonds. The fraction of sp³-hybridized carbons (Fsp3) is 0.424. The van der Waals surface area contributed by atoms with Crippen LogP contribution in [0.4, 0.5) is 26.1 Å². The normalized spacial score (nSPS) is 17.6. The second-order valence-electron chi connectivity index (χ2n) is 11.6. The van der Waals surface area contributed by atoms with E-state index in [9.17, 15) is 13.6 Å². The van der Waals surface area contributed by atoms with Gasteiger partial charge in [0.05, 0.1) is 23.6 Å². The molecular formula is C33H41ClF2N8O2. The number of nitrogens with two attached hydrogens (primary N) is 1. The molecule has 246 valence electrons. The summed E-state index contributed by atoms with van der Waals surface area (Å²) in [4.78, 5) is 29.0. The molecule has 2 saturated heterocycles. The van der Waals surface area contributed by atoms with Crippen LogP contribution in [0.15, 0.2) is 49.0 Å². The second-order valence-corrected chi connectivity index (χ2v) is 12.0. The molecule has 5 N–H and O–H groups in total. The Kier molecular flexibility index (Phi) is 10.9. The van der Waals surface area contributed by atoms with Crippen molar-refractivity contribution in [3.8, 4) is 0 Å². The lowest BCUT2D eigenvalue weighted by Crippen LogP contribution is -2.58. The summed E-state index contributed by atoms with van der Waals surface area (Å²) in [6.07, 6.45) is 2.44. The zero-order chi connectivity index (χ0) is 32.8. The number of piperidine rings is 1. The SMILES string of the molecule is C=C(NCCO)c1nc(Cl)c(N2CCN(C3CCN(C(=O)c4ccc(F)c(F)c4NCc4ccccc4)CC3)[C@@H](CC)C2)nc1N. The number of likely N-dealkylation sites (tertiary alicyclic amines) is 1. The third kappa shape index (κ3) is 7.35. The number of carbonyl (C=O) groups excluding carboxylic acids is 1. The molecule has 0 saturated carbocycles. The van der Waals surface area contributed by atoms with Crippen LogP contribution in [0.1, 0.15) is 47.8 Å². The largest absolute Gasteiger partial charge is 0.395 e. The maximum atomic E-state index is 14.9. The predicted octanol–water partition coefficient (Wildman–Crippen LogP) is 4.36. The summed E-state index contributed by atoms with van der Waals surface area (Å²) in [5.41, 5.74) is 7.93.